The molecule has 2 heterocycles. The van der Waals surface area contributed by atoms with Gasteiger partial charge in [0.15, 0.2) is 0 Å². The highest BCUT2D eigenvalue weighted by Gasteiger charge is 2.24. The summed E-state index contributed by atoms with van der Waals surface area (Å²) in [6.07, 6.45) is 2.84. The van der Waals surface area contributed by atoms with Crippen molar-refractivity contribution < 1.29 is 9.84 Å². The second-order valence-electron chi connectivity index (χ2n) is 5.38. The van der Waals surface area contributed by atoms with Gasteiger partial charge in [-0.1, -0.05) is 30.3 Å². The highest BCUT2D eigenvalue weighted by atomic mass is 16.5. The predicted molar refractivity (Wildman–Crippen MR) is 80.9 cm³/mol. The first-order valence-electron chi connectivity index (χ1n) is 7.33. The van der Waals surface area contributed by atoms with Crippen LogP contribution in [0.15, 0.2) is 48.7 Å². The largest absolute Gasteiger partial charge is 0.473 e. The number of pyridine rings is 1. The molecule has 110 valence electrons. The normalized spacial score (nSPS) is 18.8. The Balaban J connectivity index is 1.57. The van der Waals surface area contributed by atoms with Crippen molar-refractivity contribution in [2.75, 3.05) is 13.1 Å². The first kappa shape index (κ1) is 14.0. The van der Waals surface area contributed by atoms with E-state index in [2.05, 4.69) is 34.1 Å². The van der Waals surface area contributed by atoms with Crippen molar-refractivity contribution in [2.45, 2.75) is 25.7 Å². The van der Waals surface area contributed by atoms with Gasteiger partial charge in [-0.15, -0.1) is 0 Å². The SMILES string of the molecule is OCc1cccnc1OC1CCN(Cc2ccccc2)C1. The molecule has 0 spiro atoms. The molecule has 0 aliphatic carbocycles. The van der Waals surface area contributed by atoms with E-state index >= 15 is 0 Å². The van der Waals surface area contributed by atoms with Gasteiger partial charge in [-0.3, -0.25) is 4.90 Å². The van der Waals surface area contributed by atoms with Crippen LogP contribution in [0.25, 0.3) is 0 Å². The zero-order valence-corrected chi connectivity index (χ0v) is 12.0. The summed E-state index contributed by atoms with van der Waals surface area (Å²) in [7, 11) is 0. The molecular weight excluding hydrogens is 264 g/mol. The minimum Gasteiger partial charge on any atom is -0.473 e. The van der Waals surface area contributed by atoms with Gasteiger partial charge in [-0.05, 0) is 24.1 Å². The third-order valence-corrected chi connectivity index (χ3v) is 3.78. The summed E-state index contributed by atoms with van der Waals surface area (Å²) in [4.78, 5) is 6.61. The van der Waals surface area contributed by atoms with E-state index in [1.807, 2.05) is 18.2 Å². The van der Waals surface area contributed by atoms with Crippen molar-refractivity contribution in [1.82, 2.24) is 9.88 Å². The Kier molecular flexibility index (Phi) is 4.48. The van der Waals surface area contributed by atoms with E-state index in [1.165, 1.54) is 5.56 Å². The lowest BCUT2D eigenvalue weighted by Gasteiger charge is -2.17. The van der Waals surface area contributed by atoms with Crippen molar-refractivity contribution in [3.63, 3.8) is 0 Å². The van der Waals surface area contributed by atoms with Crippen LogP contribution in [0.4, 0.5) is 0 Å². The number of likely N-dealkylation sites (tertiary alicyclic amines) is 1. The van der Waals surface area contributed by atoms with Crippen LogP contribution in [0, 0.1) is 0 Å². The molecule has 1 fully saturated rings. The van der Waals surface area contributed by atoms with E-state index in [0.29, 0.717) is 5.88 Å². The molecule has 1 atom stereocenters. The third kappa shape index (κ3) is 3.60. The molecule has 1 unspecified atom stereocenters. The van der Waals surface area contributed by atoms with E-state index in [-0.39, 0.29) is 12.7 Å². The molecule has 1 aliphatic heterocycles. The summed E-state index contributed by atoms with van der Waals surface area (Å²) < 4.78 is 5.95. The average Bonchev–Trinajstić information content (AvgIpc) is 2.96. The molecular formula is C17H20N2O2. The number of benzene rings is 1. The predicted octanol–water partition coefficient (Wildman–Crippen LogP) is 2.23. The first-order chi connectivity index (χ1) is 10.3. The van der Waals surface area contributed by atoms with Crippen molar-refractivity contribution in [3.8, 4) is 5.88 Å². The summed E-state index contributed by atoms with van der Waals surface area (Å²) in [5, 5.41) is 9.31. The Morgan fingerprint density at radius 2 is 2.05 bits per heavy atom. The highest BCUT2D eigenvalue weighted by Crippen LogP contribution is 2.21. The van der Waals surface area contributed by atoms with E-state index in [9.17, 15) is 5.11 Å². The van der Waals surface area contributed by atoms with Gasteiger partial charge in [0.25, 0.3) is 0 Å². The van der Waals surface area contributed by atoms with Gasteiger partial charge in [0.1, 0.15) is 6.10 Å². The second-order valence-corrected chi connectivity index (χ2v) is 5.38. The average molecular weight is 284 g/mol. The van der Waals surface area contributed by atoms with Gasteiger partial charge in [-0.2, -0.15) is 0 Å². The standard InChI is InChI=1S/C17H20N2O2/c20-13-15-7-4-9-18-17(15)21-16-8-10-19(12-16)11-14-5-2-1-3-6-14/h1-7,9,16,20H,8,10-13H2. The number of rotatable bonds is 5. The number of aromatic nitrogens is 1. The maximum atomic E-state index is 9.31. The van der Waals surface area contributed by atoms with E-state index in [4.69, 9.17) is 4.74 Å². The monoisotopic (exact) mass is 284 g/mol. The fourth-order valence-electron chi connectivity index (χ4n) is 2.69. The number of aliphatic hydroxyl groups excluding tert-OH is 1. The minimum absolute atomic E-state index is 0.0381. The molecule has 1 N–H and O–H groups in total. The molecule has 1 saturated heterocycles. The van der Waals surface area contributed by atoms with Crippen LogP contribution in [0.5, 0.6) is 5.88 Å². The molecule has 4 heteroatoms. The number of hydrogen-bond donors (Lipinski definition) is 1. The molecule has 1 aliphatic rings. The number of nitrogens with zero attached hydrogens (tertiary/aromatic N) is 2. The Labute approximate surface area is 125 Å². The van der Waals surface area contributed by atoms with Gasteiger partial charge in [0.2, 0.25) is 5.88 Å². The Morgan fingerprint density at radius 3 is 2.86 bits per heavy atom. The maximum absolute atomic E-state index is 9.31. The molecule has 0 radical (unpaired) electrons. The first-order valence-corrected chi connectivity index (χ1v) is 7.33. The molecule has 0 saturated carbocycles. The molecule has 0 amide bonds. The van der Waals surface area contributed by atoms with Crippen LogP contribution >= 0.6 is 0 Å². The maximum Gasteiger partial charge on any atom is 0.219 e. The zero-order chi connectivity index (χ0) is 14.5. The summed E-state index contributed by atoms with van der Waals surface area (Å²) >= 11 is 0. The topological polar surface area (TPSA) is 45.6 Å². The van der Waals surface area contributed by atoms with Crippen molar-refractivity contribution in [2.24, 2.45) is 0 Å². The van der Waals surface area contributed by atoms with Crippen LogP contribution in [-0.4, -0.2) is 34.2 Å². The third-order valence-electron chi connectivity index (χ3n) is 3.78. The van der Waals surface area contributed by atoms with Crippen LogP contribution in [0.2, 0.25) is 0 Å². The van der Waals surface area contributed by atoms with Crippen molar-refractivity contribution in [3.05, 3.63) is 59.8 Å². The zero-order valence-electron chi connectivity index (χ0n) is 12.0. The summed E-state index contributed by atoms with van der Waals surface area (Å²) in [6, 6.07) is 14.1. The van der Waals surface area contributed by atoms with Gasteiger partial charge in [0.05, 0.1) is 6.61 Å². The van der Waals surface area contributed by atoms with Gasteiger partial charge >= 0.3 is 0 Å². The van der Waals surface area contributed by atoms with Crippen LogP contribution in [-0.2, 0) is 13.2 Å². The number of hydrogen-bond acceptors (Lipinski definition) is 4. The van der Waals surface area contributed by atoms with E-state index in [0.717, 1.165) is 31.6 Å². The number of ether oxygens (including phenoxy) is 1. The fraction of sp³-hybridized carbons (Fsp3) is 0.353. The molecule has 1 aromatic carbocycles. The number of aliphatic hydroxyl groups is 1. The Bertz CT molecular complexity index is 574. The minimum atomic E-state index is -0.0381. The van der Waals surface area contributed by atoms with Crippen LogP contribution < -0.4 is 4.74 Å². The van der Waals surface area contributed by atoms with Crippen LogP contribution in [0.3, 0.4) is 0 Å². The molecule has 21 heavy (non-hydrogen) atoms. The Morgan fingerprint density at radius 1 is 1.19 bits per heavy atom. The van der Waals surface area contributed by atoms with Gasteiger partial charge < -0.3 is 9.84 Å². The molecule has 3 rings (SSSR count). The van der Waals surface area contributed by atoms with E-state index < -0.39 is 0 Å². The smallest absolute Gasteiger partial charge is 0.219 e. The van der Waals surface area contributed by atoms with Crippen molar-refractivity contribution >= 4 is 0 Å². The summed E-state index contributed by atoms with van der Waals surface area (Å²) in [5.41, 5.74) is 2.08. The summed E-state index contributed by atoms with van der Waals surface area (Å²) in [6.45, 7) is 2.84. The quantitative estimate of drug-likeness (QED) is 0.914. The lowest BCUT2D eigenvalue weighted by molar-refractivity contribution is 0.183. The van der Waals surface area contributed by atoms with Crippen molar-refractivity contribution in [1.29, 1.82) is 0 Å². The molecule has 0 bridgehead atoms. The highest BCUT2D eigenvalue weighted by molar-refractivity contribution is 5.24. The lowest BCUT2D eigenvalue weighted by Crippen LogP contribution is -2.25. The summed E-state index contributed by atoms with van der Waals surface area (Å²) in [5.74, 6) is 0.562. The fourth-order valence-corrected chi connectivity index (χ4v) is 2.69. The molecule has 4 nitrogen and oxygen atoms in total. The Hall–Kier alpha value is -1.91. The molecule has 2 aromatic rings. The van der Waals surface area contributed by atoms with Crippen LogP contribution in [0.1, 0.15) is 17.5 Å². The second kappa shape index (κ2) is 6.70. The van der Waals surface area contributed by atoms with E-state index in [1.54, 1.807) is 6.20 Å². The van der Waals surface area contributed by atoms with Gasteiger partial charge in [-0.25, -0.2) is 4.98 Å². The molecule has 1 aromatic heterocycles. The lowest BCUT2D eigenvalue weighted by atomic mass is 10.2. The van der Waals surface area contributed by atoms with Gasteiger partial charge in [0, 0.05) is 31.4 Å².